The molecule has 0 aromatic heterocycles. The number of rotatable bonds is 6. The molecule has 0 aromatic rings. The van der Waals surface area contributed by atoms with Gasteiger partial charge in [0.15, 0.2) is 0 Å². The first kappa shape index (κ1) is 11.8. The van der Waals surface area contributed by atoms with E-state index in [1.165, 1.54) is 12.8 Å². The van der Waals surface area contributed by atoms with Crippen LogP contribution in [0.5, 0.6) is 0 Å². The van der Waals surface area contributed by atoms with E-state index in [2.05, 4.69) is 12.2 Å². The maximum Gasteiger partial charge on any atom is 0.389 e. The summed E-state index contributed by atoms with van der Waals surface area (Å²) in [6.07, 6.45) is -0.864. The van der Waals surface area contributed by atoms with Crippen LogP contribution >= 0.6 is 0 Å². The van der Waals surface area contributed by atoms with Crippen LogP contribution in [-0.4, -0.2) is 19.3 Å². The monoisotopic (exact) mass is 209 g/mol. The molecule has 1 fully saturated rings. The molecule has 0 saturated heterocycles. The van der Waals surface area contributed by atoms with Gasteiger partial charge < -0.3 is 5.32 Å². The molecular weight excluding hydrogens is 191 g/mol. The fourth-order valence-corrected chi connectivity index (χ4v) is 1.60. The molecule has 1 rings (SSSR count). The van der Waals surface area contributed by atoms with Crippen LogP contribution in [-0.2, 0) is 0 Å². The van der Waals surface area contributed by atoms with E-state index >= 15 is 0 Å². The molecule has 14 heavy (non-hydrogen) atoms. The van der Waals surface area contributed by atoms with Crippen LogP contribution in [0.3, 0.4) is 0 Å². The van der Waals surface area contributed by atoms with Gasteiger partial charge in [-0.2, -0.15) is 13.2 Å². The second kappa shape index (κ2) is 4.51. The lowest BCUT2D eigenvalue weighted by molar-refractivity contribution is -0.135. The topological polar surface area (TPSA) is 12.0 Å². The Kier molecular flexibility index (Phi) is 3.81. The second-order valence-electron chi connectivity index (χ2n) is 4.25. The van der Waals surface area contributed by atoms with Crippen LogP contribution in [0.2, 0.25) is 0 Å². The number of nitrogens with one attached hydrogen (secondary N) is 1. The summed E-state index contributed by atoms with van der Waals surface area (Å²) < 4.78 is 35.3. The van der Waals surface area contributed by atoms with Gasteiger partial charge >= 0.3 is 6.18 Å². The summed E-state index contributed by atoms with van der Waals surface area (Å²) in [6.45, 7) is 3.52. The lowest BCUT2D eigenvalue weighted by Gasteiger charge is -2.13. The van der Waals surface area contributed by atoms with Crippen molar-refractivity contribution in [3.8, 4) is 0 Å². The highest BCUT2D eigenvalue weighted by atomic mass is 19.4. The summed E-state index contributed by atoms with van der Waals surface area (Å²) >= 11 is 0. The quantitative estimate of drug-likeness (QED) is 0.663. The van der Waals surface area contributed by atoms with Crippen molar-refractivity contribution in [2.75, 3.05) is 13.1 Å². The van der Waals surface area contributed by atoms with E-state index in [1.54, 1.807) is 0 Å². The van der Waals surface area contributed by atoms with Gasteiger partial charge in [0.2, 0.25) is 0 Å². The molecule has 84 valence electrons. The van der Waals surface area contributed by atoms with Crippen molar-refractivity contribution in [3.05, 3.63) is 0 Å². The molecule has 0 unspecified atom stereocenters. The number of hydrogen-bond acceptors (Lipinski definition) is 1. The van der Waals surface area contributed by atoms with Crippen molar-refractivity contribution in [1.29, 1.82) is 0 Å². The first-order chi connectivity index (χ1) is 6.47. The Morgan fingerprint density at radius 2 is 1.93 bits per heavy atom. The van der Waals surface area contributed by atoms with E-state index < -0.39 is 12.6 Å². The van der Waals surface area contributed by atoms with Crippen LogP contribution < -0.4 is 5.32 Å². The van der Waals surface area contributed by atoms with Gasteiger partial charge in [-0.15, -0.1) is 0 Å². The first-order valence-electron chi connectivity index (χ1n) is 5.25. The maximum absolute atomic E-state index is 11.8. The Bertz CT molecular complexity index is 173. The Labute approximate surface area is 83.1 Å². The standard InChI is InChI=1S/C10H18F3N/c1-2-9(5-6-9)8-14-7-3-4-10(11,12)13/h14H,2-8H2,1H3. The molecular formula is C10H18F3N. The third-order valence-electron chi connectivity index (χ3n) is 3.02. The van der Waals surface area contributed by atoms with E-state index in [4.69, 9.17) is 0 Å². The highest BCUT2D eigenvalue weighted by molar-refractivity contribution is 4.93. The van der Waals surface area contributed by atoms with Crippen LogP contribution in [0.1, 0.15) is 39.0 Å². The minimum atomic E-state index is -4.00. The van der Waals surface area contributed by atoms with Gasteiger partial charge in [-0.05, 0) is 37.6 Å². The van der Waals surface area contributed by atoms with Gasteiger partial charge in [-0.3, -0.25) is 0 Å². The third kappa shape index (κ3) is 4.31. The molecule has 0 bridgehead atoms. The van der Waals surface area contributed by atoms with Crippen LogP contribution in [0.15, 0.2) is 0 Å². The van der Waals surface area contributed by atoms with Crippen LogP contribution in [0.25, 0.3) is 0 Å². The molecule has 1 saturated carbocycles. The van der Waals surface area contributed by atoms with Gasteiger partial charge in [0, 0.05) is 13.0 Å². The fraction of sp³-hybridized carbons (Fsp3) is 1.00. The van der Waals surface area contributed by atoms with Crippen molar-refractivity contribution in [3.63, 3.8) is 0 Å². The number of hydrogen-bond donors (Lipinski definition) is 1. The summed E-state index contributed by atoms with van der Waals surface area (Å²) in [4.78, 5) is 0. The minimum Gasteiger partial charge on any atom is -0.316 e. The molecule has 0 spiro atoms. The molecule has 1 nitrogen and oxygen atoms in total. The molecule has 0 aliphatic heterocycles. The van der Waals surface area contributed by atoms with Gasteiger partial charge in [-0.1, -0.05) is 6.92 Å². The molecule has 1 aliphatic rings. The van der Waals surface area contributed by atoms with E-state index in [0.717, 1.165) is 13.0 Å². The minimum absolute atomic E-state index is 0.198. The lowest BCUT2D eigenvalue weighted by Crippen LogP contribution is -2.25. The zero-order valence-corrected chi connectivity index (χ0v) is 8.58. The van der Waals surface area contributed by atoms with Gasteiger partial charge in [0.05, 0.1) is 0 Å². The molecule has 0 radical (unpaired) electrons. The molecule has 1 aliphatic carbocycles. The summed E-state index contributed by atoms with van der Waals surface area (Å²) in [5.74, 6) is 0. The van der Waals surface area contributed by atoms with Crippen molar-refractivity contribution >= 4 is 0 Å². The summed E-state index contributed by atoms with van der Waals surface area (Å²) in [5.41, 5.74) is 0.429. The van der Waals surface area contributed by atoms with Crippen molar-refractivity contribution in [1.82, 2.24) is 5.32 Å². The van der Waals surface area contributed by atoms with Crippen LogP contribution in [0, 0.1) is 5.41 Å². The molecule has 0 aromatic carbocycles. The Hall–Kier alpha value is -0.250. The zero-order chi connectivity index (χ0) is 10.7. The smallest absolute Gasteiger partial charge is 0.316 e. The normalized spacial score (nSPS) is 19.7. The van der Waals surface area contributed by atoms with Crippen molar-refractivity contribution < 1.29 is 13.2 Å². The highest BCUT2D eigenvalue weighted by Crippen LogP contribution is 2.47. The Balaban J connectivity index is 1.95. The maximum atomic E-state index is 11.8. The summed E-state index contributed by atoms with van der Waals surface area (Å²) in [5, 5.41) is 3.11. The van der Waals surface area contributed by atoms with Gasteiger partial charge in [-0.25, -0.2) is 0 Å². The molecule has 4 heteroatoms. The molecule has 0 amide bonds. The van der Waals surface area contributed by atoms with E-state index in [0.29, 0.717) is 12.0 Å². The first-order valence-corrected chi connectivity index (χ1v) is 5.25. The SMILES string of the molecule is CCC1(CNCCCC(F)(F)F)CC1. The van der Waals surface area contributed by atoms with Crippen LogP contribution in [0.4, 0.5) is 13.2 Å². The van der Waals surface area contributed by atoms with E-state index in [9.17, 15) is 13.2 Å². The molecule has 0 heterocycles. The Morgan fingerprint density at radius 3 is 2.36 bits per heavy atom. The zero-order valence-electron chi connectivity index (χ0n) is 8.58. The summed E-state index contributed by atoms with van der Waals surface area (Å²) in [7, 11) is 0. The van der Waals surface area contributed by atoms with Gasteiger partial charge in [0.1, 0.15) is 0 Å². The largest absolute Gasteiger partial charge is 0.389 e. The Morgan fingerprint density at radius 1 is 1.29 bits per heavy atom. The van der Waals surface area contributed by atoms with E-state index in [-0.39, 0.29) is 6.42 Å². The van der Waals surface area contributed by atoms with Crippen molar-refractivity contribution in [2.24, 2.45) is 5.41 Å². The van der Waals surface area contributed by atoms with E-state index in [1.807, 2.05) is 0 Å². The lowest BCUT2D eigenvalue weighted by atomic mass is 10.0. The van der Waals surface area contributed by atoms with Gasteiger partial charge in [0.25, 0.3) is 0 Å². The second-order valence-corrected chi connectivity index (χ2v) is 4.25. The average Bonchev–Trinajstić information content (AvgIpc) is 2.83. The van der Waals surface area contributed by atoms with Crippen molar-refractivity contribution in [2.45, 2.75) is 45.2 Å². The molecule has 1 N–H and O–H groups in total. The summed E-state index contributed by atoms with van der Waals surface area (Å²) in [6, 6.07) is 0. The third-order valence-corrected chi connectivity index (χ3v) is 3.02. The fourth-order valence-electron chi connectivity index (χ4n) is 1.60. The highest BCUT2D eigenvalue weighted by Gasteiger charge is 2.39. The predicted octanol–water partition coefficient (Wildman–Crippen LogP) is 3.11. The number of alkyl halides is 3. The number of halogens is 3. The molecule has 0 atom stereocenters. The average molecular weight is 209 g/mol. The predicted molar refractivity (Wildman–Crippen MR) is 50.1 cm³/mol.